The van der Waals surface area contributed by atoms with Crippen LogP contribution in [0.3, 0.4) is 0 Å². The molecule has 29 heavy (non-hydrogen) atoms. The zero-order valence-corrected chi connectivity index (χ0v) is 17.7. The van der Waals surface area contributed by atoms with Crippen LogP contribution in [-0.2, 0) is 4.79 Å². The number of halogens is 1. The van der Waals surface area contributed by atoms with Gasteiger partial charge in [0, 0.05) is 16.3 Å². The highest BCUT2D eigenvalue weighted by molar-refractivity contribution is 7.21. The number of thiazole rings is 1. The van der Waals surface area contributed by atoms with Crippen molar-refractivity contribution in [1.82, 2.24) is 9.88 Å². The van der Waals surface area contributed by atoms with Crippen molar-refractivity contribution in [2.75, 3.05) is 19.4 Å². The van der Waals surface area contributed by atoms with Crippen molar-refractivity contribution in [2.24, 2.45) is 0 Å². The molecule has 0 saturated carbocycles. The Morgan fingerprint density at radius 2 is 1.79 bits per heavy atom. The number of likely N-dealkylation sites (N-methyl/N-ethyl adjacent to an activating group) is 1. The van der Waals surface area contributed by atoms with Crippen LogP contribution in [0.1, 0.15) is 11.6 Å². The number of fused-ring (bicyclic) bond motifs is 1. The largest absolute Gasteiger partial charge is 0.324 e. The third kappa shape index (κ3) is 4.32. The lowest BCUT2D eigenvalue weighted by molar-refractivity contribution is -0.120. The summed E-state index contributed by atoms with van der Waals surface area (Å²) in [5, 5.41) is 4.63. The van der Waals surface area contributed by atoms with Gasteiger partial charge in [0.2, 0.25) is 5.91 Å². The first-order chi connectivity index (χ1) is 14.0. The van der Waals surface area contributed by atoms with E-state index in [0.29, 0.717) is 5.02 Å². The molecule has 6 heteroatoms. The highest BCUT2D eigenvalue weighted by Crippen LogP contribution is 2.31. The smallest absolute Gasteiger partial charge is 0.246 e. The molecule has 0 aliphatic heterocycles. The first-order valence-corrected chi connectivity index (χ1v) is 10.4. The fourth-order valence-electron chi connectivity index (χ4n) is 3.27. The predicted molar refractivity (Wildman–Crippen MR) is 122 cm³/mol. The molecular weight excluding hydrogens is 402 g/mol. The Bertz CT molecular complexity index is 1120. The third-order valence-electron chi connectivity index (χ3n) is 4.62. The first-order valence-electron chi connectivity index (χ1n) is 9.20. The van der Waals surface area contributed by atoms with Crippen molar-refractivity contribution in [2.45, 2.75) is 6.04 Å². The molecule has 0 radical (unpaired) electrons. The second-order valence-electron chi connectivity index (χ2n) is 6.97. The number of nitrogens with zero attached hydrogens (tertiary/aromatic N) is 2. The Morgan fingerprint density at radius 1 is 1.03 bits per heavy atom. The Hall–Kier alpha value is -2.73. The van der Waals surface area contributed by atoms with Crippen LogP contribution < -0.4 is 5.32 Å². The fraction of sp³-hybridized carbons (Fsp3) is 0.130. The Labute approximate surface area is 178 Å². The van der Waals surface area contributed by atoms with Crippen LogP contribution >= 0.6 is 22.9 Å². The van der Waals surface area contributed by atoms with Crippen molar-refractivity contribution in [1.29, 1.82) is 0 Å². The number of amides is 1. The van der Waals surface area contributed by atoms with Gasteiger partial charge in [-0.15, -0.1) is 11.3 Å². The van der Waals surface area contributed by atoms with Gasteiger partial charge < -0.3 is 5.32 Å². The zero-order valence-electron chi connectivity index (χ0n) is 16.1. The third-order valence-corrected chi connectivity index (χ3v) is 5.96. The topological polar surface area (TPSA) is 45.2 Å². The Balaban J connectivity index is 1.59. The van der Waals surface area contributed by atoms with Crippen LogP contribution in [0, 0.1) is 0 Å². The maximum Gasteiger partial charge on any atom is 0.246 e. The Kier molecular flexibility index (Phi) is 5.62. The molecule has 146 valence electrons. The highest BCUT2D eigenvalue weighted by Gasteiger charge is 2.23. The van der Waals surface area contributed by atoms with Crippen molar-refractivity contribution < 1.29 is 4.79 Å². The molecule has 0 aliphatic rings. The van der Waals surface area contributed by atoms with Crippen LogP contribution in [0.4, 0.5) is 5.69 Å². The predicted octanol–water partition coefficient (Wildman–Crippen LogP) is 5.86. The van der Waals surface area contributed by atoms with Crippen LogP contribution in [-0.4, -0.2) is 29.9 Å². The molecule has 1 aromatic heterocycles. The number of carbonyl (C=O) groups excluding carboxylic acids is 1. The number of para-hydroxylation sites is 1. The fourth-order valence-corrected chi connectivity index (χ4v) is 4.35. The molecule has 0 unspecified atom stereocenters. The number of aromatic nitrogens is 1. The molecule has 1 amide bonds. The van der Waals surface area contributed by atoms with Gasteiger partial charge >= 0.3 is 0 Å². The second-order valence-corrected chi connectivity index (χ2v) is 8.44. The number of hydrogen-bond acceptors (Lipinski definition) is 4. The van der Waals surface area contributed by atoms with Crippen molar-refractivity contribution in [3.05, 3.63) is 83.4 Å². The molecule has 3 aromatic carbocycles. The number of carbonyl (C=O) groups is 1. The SMILES string of the molecule is CN(C)[C@H](C(=O)Nc1cccc(-c2nc3ccccc3s2)c1)c1ccc(Cl)cc1. The second kappa shape index (κ2) is 8.33. The van der Waals surface area contributed by atoms with Gasteiger partial charge in [-0.2, -0.15) is 0 Å². The minimum atomic E-state index is -0.418. The zero-order chi connectivity index (χ0) is 20.4. The maximum atomic E-state index is 13.0. The maximum absolute atomic E-state index is 13.0. The van der Waals surface area contributed by atoms with Crippen molar-refractivity contribution >= 4 is 44.7 Å². The van der Waals surface area contributed by atoms with Gasteiger partial charge in [0.1, 0.15) is 11.0 Å². The van der Waals surface area contributed by atoms with Gasteiger partial charge in [0.15, 0.2) is 0 Å². The molecule has 0 fully saturated rings. The van der Waals surface area contributed by atoms with Crippen molar-refractivity contribution in [3.63, 3.8) is 0 Å². The van der Waals surface area contributed by atoms with Gasteiger partial charge in [-0.25, -0.2) is 4.98 Å². The van der Waals surface area contributed by atoms with E-state index in [1.165, 1.54) is 0 Å². The highest BCUT2D eigenvalue weighted by atomic mass is 35.5. The molecule has 4 aromatic rings. The summed E-state index contributed by atoms with van der Waals surface area (Å²) in [7, 11) is 3.77. The lowest BCUT2D eigenvalue weighted by atomic mass is 10.0. The molecule has 1 N–H and O–H groups in total. The van der Waals surface area contributed by atoms with E-state index < -0.39 is 6.04 Å². The van der Waals surface area contributed by atoms with E-state index in [1.807, 2.05) is 73.6 Å². The van der Waals surface area contributed by atoms with E-state index in [4.69, 9.17) is 16.6 Å². The summed E-state index contributed by atoms with van der Waals surface area (Å²) in [5.74, 6) is -0.0984. The van der Waals surface area contributed by atoms with E-state index in [9.17, 15) is 4.79 Å². The monoisotopic (exact) mass is 421 g/mol. The lowest BCUT2D eigenvalue weighted by Crippen LogP contribution is -2.32. The van der Waals surface area contributed by atoms with E-state index in [0.717, 1.165) is 32.0 Å². The summed E-state index contributed by atoms with van der Waals surface area (Å²) >= 11 is 7.63. The average molecular weight is 422 g/mol. The molecule has 0 bridgehead atoms. The molecule has 0 aliphatic carbocycles. The number of rotatable bonds is 5. The van der Waals surface area contributed by atoms with E-state index in [2.05, 4.69) is 11.4 Å². The lowest BCUT2D eigenvalue weighted by Gasteiger charge is -2.24. The normalized spacial score (nSPS) is 12.3. The van der Waals surface area contributed by atoms with Gasteiger partial charge in [-0.3, -0.25) is 9.69 Å². The van der Waals surface area contributed by atoms with Gasteiger partial charge in [0.05, 0.1) is 10.2 Å². The minimum Gasteiger partial charge on any atom is -0.324 e. The molecular formula is C23H20ClN3OS. The van der Waals surface area contributed by atoms with Crippen LogP contribution in [0.5, 0.6) is 0 Å². The van der Waals surface area contributed by atoms with Crippen LogP contribution in [0.15, 0.2) is 72.8 Å². The quantitative estimate of drug-likeness (QED) is 0.439. The summed E-state index contributed by atoms with van der Waals surface area (Å²) in [6, 6.07) is 22.8. The van der Waals surface area contributed by atoms with Crippen molar-refractivity contribution in [3.8, 4) is 10.6 Å². The summed E-state index contributed by atoms with van der Waals surface area (Å²) in [5.41, 5.74) is 3.60. The minimum absolute atomic E-state index is 0.0984. The molecule has 0 saturated heterocycles. The van der Waals surface area contributed by atoms with Gasteiger partial charge in [-0.1, -0.05) is 48.0 Å². The first kappa shape index (κ1) is 19.6. The van der Waals surface area contributed by atoms with Gasteiger partial charge in [-0.05, 0) is 56.1 Å². The number of anilines is 1. The summed E-state index contributed by atoms with van der Waals surface area (Å²) in [4.78, 5) is 19.6. The summed E-state index contributed by atoms with van der Waals surface area (Å²) in [6.45, 7) is 0. The van der Waals surface area contributed by atoms with E-state index in [1.54, 1.807) is 23.5 Å². The van der Waals surface area contributed by atoms with Crippen LogP contribution in [0.25, 0.3) is 20.8 Å². The standard InChI is InChI=1S/C23H20ClN3OS/c1-27(2)21(15-10-12-17(24)13-11-15)22(28)25-18-7-5-6-16(14-18)23-26-19-8-3-4-9-20(19)29-23/h3-14,21H,1-2H3,(H,25,28)/t21-/m0/s1. The molecule has 4 nitrogen and oxygen atoms in total. The summed E-state index contributed by atoms with van der Waals surface area (Å²) < 4.78 is 1.15. The number of benzene rings is 3. The Morgan fingerprint density at radius 3 is 2.52 bits per heavy atom. The number of nitrogens with one attached hydrogen (secondary N) is 1. The molecule has 1 heterocycles. The molecule has 0 spiro atoms. The molecule has 1 atom stereocenters. The van der Waals surface area contributed by atoms with Crippen LogP contribution in [0.2, 0.25) is 5.02 Å². The average Bonchev–Trinajstić information content (AvgIpc) is 3.14. The summed E-state index contributed by atoms with van der Waals surface area (Å²) in [6.07, 6.45) is 0. The molecule has 4 rings (SSSR count). The number of hydrogen-bond donors (Lipinski definition) is 1. The van der Waals surface area contributed by atoms with E-state index in [-0.39, 0.29) is 5.91 Å². The van der Waals surface area contributed by atoms with Gasteiger partial charge in [0.25, 0.3) is 0 Å². The van der Waals surface area contributed by atoms with E-state index >= 15 is 0 Å².